The molecule has 376 valence electrons. The van der Waals surface area contributed by atoms with E-state index >= 15 is 0 Å². The van der Waals surface area contributed by atoms with Gasteiger partial charge in [0.15, 0.2) is 5.78 Å². The van der Waals surface area contributed by atoms with E-state index in [4.69, 9.17) is 0 Å². The Kier molecular flexibility index (Phi) is 18.8. The van der Waals surface area contributed by atoms with Crippen molar-refractivity contribution in [2.24, 2.45) is 7.05 Å². The van der Waals surface area contributed by atoms with Crippen molar-refractivity contribution in [3.8, 4) is 0 Å². The molecule has 12 amide bonds. The van der Waals surface area contributed by atoms with Crippen LogP contribution < -0.4 is 47.9 Å². The number of anilines is 1. The summed E-state index contributed by atoms with van der Waals surface area (Å²) in [6.07, 6.45) is 1.68. The van der Waals surface area contributed by atoms with Crippen molar-refractivity contribution in [1.29, 1.82) is 0 Å². The van der Waals surface area contributed by atoms with Crippen LogP contribution in [0.25, 0.3) is 22.0 Å². The Morgan fingerprint density at radius 1 is 0.704 bits per heavy atom. The van der Waals surface area contributed by atoms with Gasteiger partial charge in [0.1, 0.15) is 6.04 Å². The van der Waals surface area contributed by atoms with Crippen LogP contribution in [-0.2, 0) is 69.4 Å². The summed E-state index contributed by atoms with van der Waals surface area (Å²) in [7, 11) is 1.85. The molecule has 1 saturated heterocycles. The number of hydrogen-bond acceptors (Lipinski definition) is 14. The smallest absolute Gasteiger partial charge is 0.259 e. The number of aromatic nitrogens is 1. The van der Waals surface area contributed by atoms with Crippen LogP contribution in [0, 0.1) is 0 Å². The summed E-state index contributed by atoms with van der Waals surface area (Å²) in [5.74, 6) is -7.98. The summed E-state index contributed by atoms with van der Waals surface area (Å²) in [6, 6.07) is 12.0. The lowest BCUT2D eigenvalue weighted by Gasteiger charge is -2.19. The number of nitrogens with zero attached hydrogens (tertiary/aromatic N) is 2. The monoisotopic (exact) mass is 999 g/mol. The molecule has 0 bridgehead atoms. The number of benzene rings is 2. The van der Waals surface area contributed by atoms with Crippen molar-refractivity contribution in [3.05, 3.63) is 65.9 Å². The van der Waals surface area contributed by atoms with Gasteiger partial charge in [-0.15, -0.1) is 11.8 Å². The number of nitrogens with one attached hydrogen (secondary N) is 9. The first-order valence-corrected chi connectivity index (χ1v) is 23.2. The van der Waals surface area contributed by atoms with Crippen molar-refractivity contribution < 1.29 is 62.3 Å². The molecule has 3 unspecified atom stereocenters. The van der Waals surface area contributed by atoms with Gasteiger partial charge in [0.25, 0.3) is 11.8 Å². The highest BCUT2D eigenvalue weighted by molar-refractivity contribution is 8.00. The molecule has 71 heavy (non-hydrogen) atoms. The van der Waals surface area contributed by atoms with Crippen molar-refractivity contribution in [2.45, 2.75) is 57.4 Å². The Bertz CT molecular complexity index is 2700. The van der Waals surface area contributed by atoms with Gasteiger partial charge in [0, 0.05) is 67.5 Å². The topological polar surface area (TPSA) is 338 Å². The number of para-hydroxylation sites is 1. The maximum atomic E-state index is 13.2. The first-order chi connectivity index (χ1) is 33.7. The lowest BCUT2D eigenvalue weighted by Crippen LogP contribution is -2.51. The summed E-state index contributed by atoms with van der Waals surface area (Å²) in [5.41, 5.74) is 2.82. The Balaban J connectivity index is 0.996. The van der Waals surface area contributed by atoms with Crippen LogP contribution in [0.2, 0.25) is 0 Å². The first kappa shape index (κ1) is 53.7. The minimum absolute atomic E-state index is 0.0540. The molecular formula is C46H53N11O13S. The second-order valence-corrected chi connectivity index (χ2v) is 17.6. The standard InChI is InChI=1S/C46H53N11O13S/c1-24(25(2)58)52-39(65)21-50-37(63)19-48-35(61)17-47-36(62)18-49-38(64)20-51-43(67)31(53-26(3)59)23-71-33-16-40(66)57(46(33)70)15-7-10-34(60)54-28-13-11-27(12-14-28)41-42(45(69)55-44(41)68)30-22-56(4)32-9-6-5-8-29(30)32/h5-6,8-9,11-14,22,24,31,33H,7,10,15-21,23H2,1-4H3,(H,47,62)(H,48,61)(H,49,64)(H,50,63)(H,51,67)(H,52,65)(H,53,59)(H,54,60)(H,55,68,69). The Labute approximate surface area is 409 Å². The molecular weight excluding hydrogens is 947 g/mol. The molecule has 3 atom stereocenters. The molecule has 9 N–H and O–H groups in total. The molecule has 1 fully saturated rings. The molecule has 2 aromatic carbocycles. The number of aryl methyl sites for hydroxylation is 1. The Hall–Kier alpha value is -8.22. The SMILES string of the molecule is CC(=O)NC(CSC1CC(=O)N(CCCC(=O)Nc2ccc(C3=C(c4cn(C)c5ccccc45)C(=O)NC3=O)cc2)C1=O)C(=O)NCC(=O)NCC(=O)NCC(=O)NCC(=O)NCC(=O)NC(C)C(C)=O. The fourth-order valence-electron chi connectivity index (χ4n) is 7.18. The Morgan fingerprint density at radius 2 is 1.27 bits per heavy atom. The number of thioether (sulfide) groups is 1. The van der Waals surface area contributed by atoms with E-state index in [1.165, 1.54) is 13.8 Å². The third-order valence-electron chi connectivity index (χ3n) is 10.9. The zero-order chi connectivity index (χ0) is 51.9. The predicted octanol–water partition coefficient (Wildman–Crippen LogP) is -2.50. The fraction of sp³-hybridized carbons (Fsp3) is 0.370. The molecule has 0 aliphatic carbocycles. The van der Waals surface area contributed by atoms with E-state index in [9.17, 15) is 62.3 Å². The van der Waals surface area contributed by atoms with Crippen molar-refractivity contribution in [1.82, 2.24) is 52.0 Å². The summed E-state index contributed by atoms with van der Waals surface area (Å²) in [5, 5.41) is 21.1. The second kappa shape index (κ2) is 24.9. The molecule has 0 radical (unpaired) electrons. The molecule has 5 rings (SSSR count). The van der Waals surface area contributed by atoms with Crippen LogP contribution in [0.1, 0.15) is 51.2 Å². The average Bonchev–Trinajstić information content (AvgIpc) is 3.92. The van der Waals surface area contributed by atoms with Crippen molar-refractivity contribution in [2.75, 3.05) is 50.3 Å². The molecule has 3 heterocycles. The van der Waals surface area contributed by atoms with Crippen molar-refractivity contribution in [3.63, 3.8) is 0 Å². The third kappa shape index (κ3) is 15.1. The van der Waals surface area contributed by atoms with Crippen LogP contribution in [0.5, 0.6) is 0 Å². The zero-order valence-electron chi connectivity index (χ0n) is 39.1. The highest BCUT2D eigenvalue weighted by Crippen LogP contribution is 2.36. The Morgan fingerprint density at radius 3 is 1.86 bits per heavy atom. The van der Waals surface area contributed by atoms with E-state index in [0.29, 0.717) is 16.8 Å². The predicted molar refractivity (Wildman–Crippen MR) is 256 cm³/mol. The second-order valence-electron chi connectivity index (χ2n) is 16.3. The average molecular weight is 1000 g/mol. The lowest BCUT2D eigenvalue weighted by molar-refractivity contribution is -0.139. The largest absolute Gasteiger partial charge is 0.350 e. The van der Waals surface area contributed by atoms with Crippen LogP contribution in [0.3, 0.4) is 0 Å². The molecule has 3 aromatic rings. The van der Waals surface area contributed by atoms with Gasteiger partial charge < -0.3 is 47.1 Å². The molecule has 2 aliphatic heterocycles. The van der Waals surface area contributed by atoms with E-state index in [0.717, 1.165) is 34.5 Å². The minimum Gasteiger partial charge on any atom is -0.350 e. The van der Waals surface area contributed by atoms with Gasteiger partial charge in [-0.05, 0) is 44.0 Å². The third-order valence-corrected chi connectivity index (χ3v) is 12.2. The number of hydrogen-bond donors (Lipinski definition) is 9. The van der Waals surface area contributed by atoms with E-state index in [-0.39, 0.29) is 48.5 Å². The van der Waals surface area contributed by atoms with Gasteiger partial charge in [0.2, 0.25) is 59.1 Å². The van der Waals surface area contributed by atoms with E-state index in [2.05, 4.69) is 47.9 Å². The number of Topliss-reactive ketones (excluding diaryl/α,β-unsaturated/α-hetero) is 1. The summed E-state index contributed by atoms with van der Waals surface area (Å²) in [6.45, 7) is 1.16. The number of amides is 12. The minimum atomic E-state index is -1.22. The van der Waals surface area contributed by atoms with Gasteiger partial charge in [0.05, 0.1) is 55.2 Å². The first-order valence-electron chi connectivity index (χ1n) is 22.1. The van der Waals surface area contributed by atoms with Gasteiger partial charge in [-0.3, -0.25) is 72.5 Å². The molecule has 1 aromatic heterocycles. The molecule has 2 aliphatic rings. The van der Waals surface area contributed by atoms with Gasteiger partial charge in [-0.1, -0.05) is 30.3 Å². The van der Waals surface area contributed by atoms with E-state index in [1.54, 1.807) is 30.5 Å². The summed E-state index contributed by atoms with van der Waals surface area (Å²) in [4.78, 5) is 162. The molecule has 25 heteroatoms. The fourth-order valence-corrected chi connectivity index (χ4v) is 8.37. The maximum absolute atomic E-state index is 13.2. The van der Waals surface area contributed by atoms with Gasteiger partial charge in [-0.2, -0.15) is 0 Å². The lowest BCUT2D eigenvalue weighted by atomic mass is 9.96. The number of ketones is 1. The van der Waals surface area contributed by atoms with Crippen LogP contribution in [0.15, 0.2) is 54.7 Å². The molecule has 0 saturated carbocycles. The number of fused-ring (bicyclic) bond motifs is 1. The van der Waals surface area contributed by atoms with Crippen LogP contribution >= 0.6 is 11.8 Å². The quantitative estimate of drug-likeness (QED) is 0.0420. The molecule has 0 spiro atoms. The maximum Gasteiger partial charge on any atom is 0.259 e. The highest BCUT2D eigenvalue weighted by atomic mass is 32.2. The summed E-state index contributed by atoms with van der Waals surface area (Å²) < 4.78 is 1.87. The van der Waals surface area contributed by atoms with Crippen molar-refractivity contribution >= 4 is 116 Å². The number of carbonyl (C=O) groups is 13. The number of rotatable bonds is 24. The number of carbonyl (C=O) groups excluding carboxylic acids is 13. The van der Waals surface area contributed by atoms with Gasteiger partial charge >= 0.3 is 0 Å². The van der Waals surface area contributed by atoms with E-state index in [1.807, 2.05) is 35.9 Å². The number of imide groups is 2. The van der Waals surface area contributed by atoms with Gasteiger partial charge in [-0.25, -0.2) is 0 Å². The van der Waals surface area contributed by atoms with Crippen LogP contribution in [-0.4, -0.2) is 148 Å². The highest BCUT2D eigenvalue weighted by Gasteiger charge is 2.39. The van der Waals surface area contributed by atoms with Crippen LogP contribution in [0.4, 0.5) is 5.69 Å². The normalized spacial score (nSPS) is 15.1. The number of likely N-dealkylation sites (tertiary alicyclic amines) is 1. The van der Waals surface area contributed by atoms with E-state index < -0.39 is 121 Å². The molecule has 24 nitrogen and oxygen atoms in total. The summed E-state index contributed by atoms with van der Waals surface area (Å²) >= 11 is 0.948. The zero-order valence-corrected chi connectivity index (χ0v) is 39.9.